The van der Waals surface area contributed by atoms with Gasteiger partial charge in [0.15, 0.2) is 0 Å². The van der Waals surface area contributed by atoms with Crippen LogP contribution in [0.1, 0.15) is 40.0 Å². The summed E-state index contributed by atoms with van der Waals surface area (Å²) >= 11 is 1.51. The molecular weight excluding hydrogens is 262 g/mol. The van der Waals surface area contributed by atoms with Crippen LogP contribution in [-0.4, -0.2) is 26.1 Å². The smallest absolute Gasteiger partial charge is 0.254 e. The molecule has 0 aliphatic carbocycles. The Labute approximate surface area is 115 Å². The highest BCUT2D eigenvalue weighted by Crippen LogP contribution is 2.09. The fourth-order valence-electron chi connectivity index (χ4n) is 1.42. The topological polar surface area (TPSA) is 80.7 Å². The van der Waals surface area contributed by atoms with Crippen molar-refractivity contribution in [3.05, 3.63) is 33.8 Å². The first kappa shape index (κ1) is 13.5. The van der Waals surface area contributed by atoms with Crippen LogP contribution >= 0.6 is 11.3 Å². The summed E-state index contributed by atoms with van der Waals surface area (Å²) in [6, 6.07) is 0. The molecule has 2 heterocycles. The molecule has 0 spiro atoms. The van der Waals surface area contributed by atoms with E-state index in [1.165, 1.54) is 11.3 Å². The Morgan fingerprint density at radius 2 is 1.84 bits per heavy atom. The van der Waals surface area contributed by atoms with Crippen molar-refractivity contribution in [1.82, 2.24) is 25.5 Å². The number of rotatable bonds is 5. The maximum atomic E-state index is 11.9. The van der Waals surface area contributed by atoms with E-state index in [1.807, 2.05) is 13.8 Å². The van der Waals surface area contributed by atoms with Gasteiger partial charge in [-0.25, -0.2) is 9.97 Å². The molecule has 1 amide bonds. The summed E-state index contributed by atoms with van der Waals surface area (Å²) < 4.78 is 0. The van der Waals surface area contributed by atoms with Crippen LogP contribution in [0.2, 0.25) is 0 Å². The van der Waals surface area contributed by atoms with E-state index in [0.717, 1.165) is 28.7 Å². The molecule has 0 aromatic carbocycles. The number of aryl methyl sites for hydroxylation is 2. The lowest BCUT2D eigenvalue weighted by Gasteiger charge is -2.02. The summed E-state index contributed by atoms with van der Waals surface area (Å²) in [5.41, 5.74) is 0.456. The Morgan fingerprint density at radius 3 is 2.42 bits per heavy atom. The van der Waals surface area contributed by atoms with Crippen LogP contribution in [-0.2, 0) is 19.4 Å². The van der Waals surface area contributed by atoms with E-state index in [1.54, 1.807) is 12.4 Å². The highest BCUT2D eigenvalue weighted by Gasteiger charge is 2.08. The van der Waals surface area contributed by atoms with E-state index in [2.05, 4.69) is 25.5 Å². The van der Waals surface area contributed by atoms with Gasteiger partial charge in [0.2, 0.25) is 0 Å². The van der Waals surface area contributed by atoms with Gasteiger partial charge in [-0.2, -0.15) is 0 Å². The van der Waals surface area contributed by atoms with E-state index >= 15 is 0 Å². The molecule has 0 saturated heterocycles. The van der Waals surface area contributed by atoms with Crippen molar-refractivity contribution in [2.45, 2.75) is 33.2 Å². The second-order valence-corrected chi connectivity index (χ2v) is 5.01. The van der Waals surface area contributed by atoms with Crippen molar-refractivity contribution < 1.29 is 4.79 Å². The van der Waals surface area contributed by atoms with E-state index in [-0.39, 0.29) is 5.91 Å². The molecule has 19 heavy (non-hydrogen) atoms. The van der Waals surface area contributed by atoms with Crippen molar-refractivity contribution in [3.8, 4) is 0 Å². The predicted octanol–water partition coefficient (Wildman–Crippen LogP) is 1.38. The maximum Gasteiger partial charge on any atom is 0.254 e. The Hall–Kier alpha value is -1.89. The Kier molecular flexibility index (Phi) is 4.51. The van der Waals surface area contributed by atoms with Crippen molar-refractivity contribution in [3.63, 3.8) is 0 Å². The van der Waals surface area contributed by atoms with Gasteiger partial charge in [-0.1, -0.05) is 25.2 Å². The van der Waals surface area contributed by atoms with Crippen LogP contribution in [0.4, 0.5) is 0 Å². The molecule has 0 aliphatic rings. The standard InChI is InChI=1S/C12H15N5OS/c1-3-9-13-5-8(6-14-9)12(18)15-7-11-17-16-10(4-2)19-11/h5-6H,3-4,7H2,1-2H3,(H,15,18). The number of carbonyl (C=O) groups excluding carboxylic acids is 1. The summed E-state index contributed by atoms with van der Waals surface area (Å²) in [7, 11) is 0. The highest BCUT2D eigenvalue weighted by molar-refractivity contribution is 7.11. The zero-order valence-electron chi connectivity index (χ0n) is 10.9. The Bertz CT molecular complexity index is 552. The van der Waals surface area contributed by atoms with Crippen LogP contribution in [0, 0.1) is 0 Å². The number of amides is 1. The largest absolute Gasteiger partial charge is 0.345 e. The molecular formula is C12H15N5OS. The average Bonchev–Trinajstić information content (AvgIpc) is 2.93. The Balaban J connectivity index is 1.93. The van der Waals surface area contributed by atoms with E-state index < -0.39 is 0 Å². The van der Waals surface area contributed by atoms with Gasteiger partial charge in [0.25, 0.3) is 5.91 Å². The Morgan fingerprint density at radius 1 is 1.16 bits per heavy atom. The first-order valence-electron chi connectivity index (χ1n) is 6.13. The van der Waals surface area contributed by atoms with E-state index in [0.29, 0.717) is 12.1 Å². The molecule has 0 aliphatic heterocycles. The van der Waals surface area contributed by atoms with Crippen molar-refractivity contribution in [2.75, 3.05) is 0 Å². The maximum absolute atomic E-state index is 11.9. The quantitative estimate of drug-likeness (QED) is 0.893. The van der Waals surface area contributed by atoms with Crippen LogP contribution in [0.5, 0.6) is 0 Å². The molecule has 0 bridgehead atoms. The van der Waals surface area contributed by atoms with Gasteiger partial charge in [-0.05, 0) is 6.42 Å². The molecule has 7 heteroatoms. The van der Waals surface area contributed by atoms with E-state index in [9.17, 15) is 4.79 Å². The third-order valence-corrected chi connectivity index (χ3v) is 3.56. The van der Waals surface area contributed by atoms with Crippen LogP contribution in [0.25, 0.3) is 0 Å². The minimum atomic E-state index is -0.198. The van der Waals surface area contributed by atoms with Gasteiger partial charge in [-0.15, -0.1) is 10.2 Å². The fraction of sp³-hybridized carbons (Fsp3) is 0.417. The average molecular weight is 277 g/mol. The van der Waals surface area contributed by atoms with Crippen molar-refractivity contribution in [1.29, 1.82) is 0 Å². The van der Waals surface area contributed by atoms with Crippen LogP contribution < -0.4 is 5.32 Å². The fourth-order valence-corrected chi connectivity index (χ4v) is 2.14. The lowest BCUT2D eigenvalue weighted by atomic mass is 10.3. The minimum absolute atomic E-state index is 0.198. The van der Waals surface area contributed by atoms with Gasteiger partial charge in [0.05, 0.1) is 12.1 Å². The monoisotopic (exact) mass is 277 g/mol. The molecule has 0 radical (unpaired) electrons. The lowest BCUT2D eigenvalue weighted by Crippen LogP contribution is -2.23. The molecule has 1 N–H and O–H groups in total. The molecule has 0 saturated carbocycles. The summed E-state index contributed by atoms with van der Waals surface area (Å²) in [6.07, 6.45) is 4.70. The molecule has 6 nitrogen and oxygen atoms in total. The van der Waals surface area contributed by atoms with Gasteiger partial charge in [0, 0.05) is 18.8 Å². The lowest BCUT2D eigenvalue weighted by molar-refractivity contribution is 0.0950. The van der Waals surface area contributed by atoms with Crippen molar-refractivity contribution in [2.24, 2.45) is 0 Å². The molecule has 2 aromatic rings. The molecule has 2 aromatic heterocycles. The summed E-state index contributed by atoms with van der Waals surface area (Å²) in [5.74, 6) is 0.532. The number of aromatic nitrogens is 4. The number of nitrogens with one attached hydrogen (secondary N) is 1. The predicted molar refractivity (Wildman–Crippen MR) is 71.9 cm³/mol. The second-order valence-electron chi connectivity index (χ2n) is 3.87. The molecule has 0 fully saturated rings. The molecule has 0 unspecified atom stereocenters. The second kappa shape index (κ2) is 6.33. The number of hydrogen-bond donors (Lipinski definition) is 1. The van der Waals surface area contributed by atoms with Gasteiger partial charge >= 0.3 is 0 Å². The van der Waals surface area contributed by atoms with Gasteiger partial charge in [0.1, 0.15) is 15.8 Å². The summed E-state index contributed by atoms with van der Waals surface area (Å²) in [6.45, 7) is 4.37. The first-order chi connectivity index (χ1) is 9.22. The third kappa shape index (κ3) is 3.54. The number of hydrogen-bond acceptors (Lipinski definition) is 6. The summed E-state index contributed by atoms with van der Waals surface area (Å²) in [5, 5.41) is 12.6. The SMILES string of the molecule is CCc1ncc(C(=O)NCc2nnc(CC)s2)cn1. The van der Waals surface area contributed by atoms with Gasteiger partial charge < -0.3 is 5.32 Å². The number of carbonyl (C=O) groups is 1. The van der Waals surface area contributed by atoms with Crippen LogP contribution in [0.3, 0.4) is 0 Å². The van der Waals surface area contributed by atoms with Crippen molar-refractivity contribution >= 4 is 17.2 Å². The number of nitrogens with zero attached hydrogens (tertiary/aromatic N) is 4. The third-order valence-electron chi connectivity index (χ3n) is 2.50. The normalized spacial score (nSPS) is 10.4. The highest BCUT2D eigenvalue weighted by atomic mass is 32.1. The van der Waals surface area contributed by atoms with Gasteiger partial charge in [-0.3, -0.25) is 4.79 Å². The molecule has 2 rings (SSSR count). The minimum Gasteiger partial charge on any atom is -0.345 e. The first-order valence-corrected chi connectivity index (χ1v) is 6.95. The molecule has 0 atom stereocenters. The zero-order valence-corrected chi connectivity index (χ0v) is 11.7. The van der Waals surface area contributed by atoms with Crippen LogP contribution in [0.15, 0.2) is 12.4 Å². The van der Waals surface area contributed by atoms with E-state index in [4.69, 9.17) is 0 Å². The zero-order chi connectivity index (χ0) is 13.7. The summed E-state index contributed by atoms with van der Waals surface area (Å²) in [4.78, 5) is 20.0. The molecule has 100 valence electrons.